The van der Waals surface area contributed by atoms with Crippen LogP contribution in [0.25, 0.3) is 0 Å². The van der Waals surface area contributed by atoms with Crippen LogP contribution in [0.1, 0.15) is 12.1 Å². The summed E-state index contributed by atoms with van der Waals surface area (Å²) in [4.78, 5) is 4.08. The number of hydrogen-bond donors (Lipinski definition) is 2. The van der Waals surface area contributed by atoms with Gasteiger partial charge in [-0.3, -0.25) is 4.98 Å². The second kappa shape index (κ2) is 6.65. The van der Waals surface area contributed by atoms with Crippen molar-refractivity contribution >= 4 is 10.0 Å². The maximum Gasteiger partial charge on any atom is 0.242 e. The van der Waals surface area contributed by atoms with Gasteiger partial charge in [-0.25, -0.2) is 13.1 Å². The molecule has 96 valence electrons. The lowest BCUT2D eigenvalue weighted by Crippen LogP contribution is -2.25. The molecule has 3 N–H and O–H groups in total. The van der Waals surface area contributed by atoms with Crippen molar-refractivity contribution < 1.29 is 13.2 Å². The second-order valence-corrected chi connectivity index (χ2v) is 5.20. The van der Waals surface area contributed by atoms with Gasteiger partial charge in [-0.15, -0.1) is 0 Å². The van der Waals surface area contributed by atoms with Crippen molar-refractivity contribution in [1.29, 1.82) is 0 Å². The Hall–Kier alpha value is -1.02. The summed E-state index contributed by atoms with van der Waals surface area (Å²) in [6.07, 6.45) is 1.94. The first kappa shape index (κ1) is 14.0. The number of sulfonamides is 1. The zero-order valence-corrected chi connectivity index (χ0v) is 10.5. The zero-order chi connectivity index (χ0) is 12.7. The predicted molar refractivity (Wildman–Crippen MR) is 63.8 cm³/mol. The topological polar surface area (TPSA) is 94.3 Å². The van der Waals surface area contributed by atoms with Gasteiger partial charge in [0.15, 0.2) is 0 Å². The number of nitrogens with one attached hydrogen (secondary N) is 1. The quantitative estimate of drug-likeness (QED) is 0.664. The van der Waals surface area contributed by atoms with Crippen molar-refractivity contribution in [2.45, 2.75) is 17.9 Å². The Labute approximate surface area is 101 Å². The van der Waals surface area contributed by atoms with Crippen LogP contribution in [-0.4, -0.2) is 33.7 Å². The Balaban J connectivity index is 2.62. The van der Waals surface area contributed by atoms with Crippen molar-refractivity contribution in [1.82, 2.24) is 9.71 Å². The van der Waals surface area contributed by atoms with Gasteiger partial charge in [-0.2, -0.15) is 0 Å². The standard InChI is InChI=1S/C10H17N3O3S/c1-16-6-2-5-13-17(14,15)10-4-3-9(7-11)12-8-10/h3-4,8,13H,2,5-7,11H2,1H3. The molecule has 1 aromatic rings. The molecule has 0 aliphatic rings. The van der Waals surface area contributed by atoms with Gasteiger partial charge < -0.3 is 10.5 Å². The molecule has 0 saturated heterocycles. The highest BCUT2D eigenvalue weighted by molar-refractivity contribution is 7.89. The number of aromatic nitrogens is 1. The van der Waals surface area contributed by atoms with E-state index in [9.17, 15) is 8.42 Å². The second-order valence-electron chi connectivity index (χ2n) is 3.43. The van der Waals surface area contributed by atoms with E-state index in [0.717, 1.165) is 0 Å². The lowest BCUT2D eigenvalue weighted by Gasteiger charge is -2.06. The highest BCUT2D eigenvalue weighted by atomic mass is 32.2. The number of nitrogens with two attached hydrogens (primary N) is 1. The van der Waals surface area contributed by atoms with E-state index in [2.05, 4.69) is 9.71 Å². The number of hydrogen-bond acceptors (Lipinski definition) is 5. The van der Waals surface area contributed by atoms with E-state index in [1.165, 1.54) is 12.3 Å². The van der Waals surface area contributed by atoms with E-state index in [0.29, 0.717) is 31.8 Å². The molecule has 0 spiro atoms. The molecule has 1 heterocycles. The molecular formula is C10H17N3O3S. The molecule has 6 nitrogen and oxygen atoms in total. The molecule has 17 heavy (non-hydrogen) atoms. The molecule has 0 atom stereocenters. The monoisotopic (exact) mass is 259 g/mol. The molecular weight excluding hydrogens is 242 g/mol. The average molecular weight is 259 g/mol. The molecule has 1 aromatic heterocycles. The van der Waals surface area contributed by atoms with Crippen molar-refractivity contribution in [2.75, 3.05) is 20.3 Å². The number of pyridine rings is 1. The highest BCUT2D eigenvalue weighted by Gasteiger charge is 2.13. The molecule has 7 heteroatoms. The van der Waals surface area contributed by atoms with E-state index < -0.39 is 10.0 Å². The zero-order valence-electron chi connectivity index (χ0n) is 9.72. The van der Waals surface area contributed by atoms with Gasteiger partial charge in [0.2, 0.25) is 10.0 Å². The van der Waals surface area contributed by atoms with E-state index in [-0.39, 0.29) is 4.90 Å². The summed E-state index contributed by atoms with van der Waals surface area (Å²) >= 11 is 0. The number of rotatable bonds is 7. The van der Waals surface area contributed by atoms with E-state index in [1.54, 1.807) is 13.2 Å². The molecule has 0 bridgehead atoms. The summed E-state index contributed by atoms with van der Waals surface area (Å²) < 4.78 is 30.8. The molecule has 0 amide bonds. The fourth-order valence-electron chi connectivity index (χ4n) is 1.20. The number of nitrogens with zero attached hydrogens (tertiary/aromatic N) is 1. The normalized spacial score (nSPS) is 11.6. The van der Waals surface area contributed by atoms with Crippen LogP contribution >= 0.6 is 0 Å². The van der Waals surface area contributed by atoms with Gasteiger partial charge in [0.1, 0.15) is 4.90 Å². The van der Waals surface area contributed by atoms with Gasteiger partial charge in [-0.05, 0) is 18.6 Å². The molecule has 1 rings (SSSR count). The third-order valence-electron chi connectivity index (χ3n) is 2.13. The Bertz CT molecular complexity index is 431. The van der Waals surface area contributed by atoms with Crippen molar-refractivity contribution in [3.63, 3.8) is 0 Å². The van der Waals surface area contributed by atoms with Crippen LogP contribution in [0.3, 0.4) is 0 Å². The Kier molecular flexibility index (Phi) is 5.49. The Morgan fingerprint density at radius 1 is 1.47 bits per heavy atom. The van der Waals surface area contributed by atoms with Gasteiger partial charge in [-0.1, -0.05) is 0 Å². The minimum atomic E-state index is -3.47. The third-order valence-corrected chi connectivity index (χ3v) is 3.58. The van der Waals surface area contributed by atoms with Crippen molar-refractivity contribution in [3.8, 4) is 0 Å². The largest absolute Gasteiger partial charge is 0.385 e. The van der Waals surface area contributed by atoms with Gasteiger partial charge in [0.05, 0.1) is 5.69 Å². The summed E-state index contributed by atoms with van der Waals surface area (Å²) in [5.41, 5.74) is 6.04. The average Bonchev–Trinajstić information content (AvgIpc) is 2.35. The van der Waals surface area contributed by atoms with Crippen LogP contribution in [0.2, 0.25) is 0 Å². The summed E-state index contributed by atoms with van der Waals surface area (Å²) in [6.45, 7) is 1.16. The fourth-order valence-corrected chi connectivity index (χ4v) is 2.22. The molecule has 0 saturated carbocycles. The molecule has 0 unspecified atom stereocenters. The molecule has 0 aliphatic carbocycles. The SMILES string of the molecule is COCCCNS(=O)(=O)c1ccc(CN)nc1. The Morgan fingerprint density at radius 2 is 2.24 bits per heavy atom. The fraction of sp³-hybridized carbons (Fsp3) is 0.500. The lowest BCUT2D eigenvalue weighted by molar-refractivity contribution is 0.196. The first-order valence-corrected chi connectivity index (χ1v) is 6.72. The number of ether oxygens (including phenoxy) is 1. The lowest BCUT2D eigenvalue weighted by atomic mass is 10.4. The summed E-state index contributed by atoms with van der Waals surface area (Å²) in [7, 11) is -1.90. The summed E-state index contributed by atoms with van der Waals surface area (Å²) in [5, 5.41) is 0. The van der Waals surface area contributed by atoms with Crippen LogP contribution < -0.4 is 10.5 Å². The highest BCUT2D eigenvalue weighted by Crippen LogP contribution is 2.07. The summed E-state index contributed by atoms with van der Waals surface area (Å²) in [5.74, 6) is 0. The summed E-state index contributed by atoms with van der Waals surface area (Å²) in [6, 6.07) is 3.09. The minimum Gasteiger partial charge on any atom is -0.385 e. The van der Waals surface area contributed by atoms with Gasteiger partial charge in [0.25, 0.3) is 0 Å². The van der Waals surface area contributed by atoms with Crippen LogP contribution in [0, 0.1) is 0 Å². The van der Waals surface area contributed by atoms with E-state index in [4.69, 9.17) is 10.5 Å². The molecule has 0 radical (unpaired) electrons. The molecule has 0 aromatic carbocycles. The van der Waals surface area contributed by atoms with E-state index in [1.807, 2.05) is 0 Å². The Morgan fingerprint density at radius 3 is 2.76 bits per heavy atom. The van der Waals surface area contributed by atoms with Crippen LogP contribution in [-0.2, 0) is 21.3 Å². The minimum absolute atomic E-state index is 0.145. The van der Waals surface area contributed by atoms with Crippen LogP contribution in [0.5, 0.6) is 0 Å². The van der Waals surface area contributed by atoms with Gasteiger partial charge in [0, 0.05) is 33.0 Å². The van der Waals surface area contributed by atoms with E-state index >= 15 is 0 Å². The van der Waals surface area contributed by atoms with Gasteiger partial charge >= 0.3 is 0 Å². The number of methoxy groups -OCH3 is 1. The molecule has 0 aliphatic heterocycles. The third kappa shape index (κ3) is 4.39. The van der Waals surface area contributed by atoms with Crippen molar-refractivity contribution in [2.24, 2.45) is 5.73 Å². The van der Waals surface area contributed by atoms with Crippen LogP contribution in [0.15, 0.2) is 23.2 Å². The first-order chi connectivity index (χ1) is 8.10. The maximum atomic E-state index is 11.8. The first-order valence-electron chi connectivity index (χ1n) is 5.24. The smallest absolute Gasteiger partial charge is 0.242 e. The predicted octanol–water partition coefficient (Wildman–Crippen LogP) is -0.145. The van der Waals surface area contributed by atoms with Crippen LogP contribution in [0.4, 0.5) is 0 Å². The molecule has 0 fully saturated rings. The van der Waals surface area contributed by atoms with Crippen molar-refractivity contribution in [3.05, 3.63) is 24.0 Å². The maximum absolute atomic E-state index is 11.8.